The zero-order valence-electron chi connectivity index (χ0n) is 10.5. The molecule has 0 aromatic carbocycles. The van der Waals surface area contributed by atoms with Gasteiger partial charge in [-0.1, -0.05) is 0 Å². The average molecular weight is 263 g/mol. The molecule has 8 nitrogen and oxygen atoms in total. The van der Waals surface area contributed by atoms with Gasteiger partial charge >= 0.3 is 5.97 Å². The van der Waals surface area contributed by atoms with E-state index in [9.17, 15) is 9.59 Å². The fraction of sp³-hybridized carbons (Fsp3) is 0.273. The number of aromatic carboxylic acids is 1. The topological polar surface area (TPSA) is 102 Å². The highest BCUT2D eigenvalue weighted by atomic mass is 16.4. The number of hydrogen-bond donors (Lipinski definition) is 2. The maximum Gasteiger partial charge on any atom is 0.354 e. The van der Waals surface area contributed by atoms with Gasteiger partial charge in [-0.15, -0.1) is 0 Å². The highest BCUT2D eigenvalue weighted by Crippen LogP contribution is 2.11. The number of carbonyl (C=O) groups is 2. The van der Waals surface area contributed by atoms with Gasteiger partial charge < -0.3 is 10.4 Å². The average Bonchev–Trinajstić information content (AvgIpc) is 2.86. The number of aryl methyl sites for hydroxylation is 2. The first-order valence-corrected chi connectivity index (χ1v) is 5.52. The number of carboxylic acids is 1. The van der Waals surface area contributed by atoms with Gasteiger partial charge in [-0.3, -0.25) is 9.48 Å². The van der Waals surface area contributed by atoms with Crippen molar-refractivity contribution >= 4 is 17.6 Å². The van der Waals surface area contributed by atoms with Crippen molar-refractivity contribution in [1.29, 1.82) is 0 Å². The zero-order chi connectivity index (χ0) is 14.0. The highest BCUT2D eigenvalue weighted by Gasteiger charge is 2.14. The van der Waals surface area contributed by atoms with Crippen LogP contribution in [0.5, 0.6) is 0 Å². The molecule has 0 spiro atoms. The van der Waals surface area contributed by atoms with E-state index in [1.807, 2.05) is 0 Å². The van der Waals surface area contributed by atoms with Gasteiger partial charge in [0.15, 0.2) is 0 Å². The van der Waals surface area contributed by atoms with E-state index >= 15 is 0 Å². The van der Waals surface area contributed by atoms with Crippen LogP contribution < -0.4 is 5.32 Å². The summed E-state index contributed by atoms with van der Waals surface area (Å²) in [4.78, 5) is 22.7. The molecule has 0 fully saturated rings. The van der Waals surface area contributed by atoms with E-state index < -0.39 is 5.97 Å². The van der Waals surface area contributed by atoms with Crippen LogP contribution in [0.3, 0.4) is 0 Å². The molecule has 0 bridgehead atoms. The minimum Gasteiger partial charge on any atom is -0.477 e. The number of amides is 1. The van der Waals surface area contributed by atoms with E-state index in [1.54, 1.807) is 24.9 Å². The second-order valence-corrected chi connectivity index (χ2v) is 4.03. The van der Waals surface area contributed by atoms with Crippen LogP contribution in [-0.2, 0) is 18.4 Å². The van der Waals surface area contributed by atoms with Gasteiger partial charge in [-0.05, 0) is 13.0 Å². The quantitative estimate of drug-likeness (QED) is 0.823. The van der Waals surface area contributed by atoms with Crippen LogP contribution >= 0.6 is 0 Å². The lowest BCUT2D eigenvalue weighted by Gasteiger charge is -2.05. The van der Waals surface area contributed by atoms with E-state index in [1.165, 1.54) is 12.3 Å². The minimum atomic E-state index is -1.12. The largest absolute Gasteiger partial charge is 0.477 e. The summed E-state index contributed by atoms with van der Waals surface area (Å²) in [6, 6.07) is 1.34. The normalized spacial score (nSPS) is 10.4. The fourth-order valence-electron chi connectivity index (χ4n) is 1.69. The molecule has 100 valence electrons. The summed E-state index contributed by atoms with van der Waals surface area (Å²) >= 11 is 0. The number of carboxylic acid groups (broad SMARTS) is 1. The first kappa shape index (κ1) is 12.8. The van der Waals surface area contributed by atoms with Crippen LogP contribution in [0, 0.1) is 6.92 Å². The third-order valence-electron chi connectivity index (χ3n) is 2.52. The Kier molecular flexibility index (Phi) is 3.32. The Labute approximate surface area is 108 Å². The van der Waals surface area contributed by atoms with Crippen LogP contribution in [0.4, 0.5) is 5.69 Å². The molecule has 2 aromatic rings. The lowest BCUT2D eigenvalue weighted by atomic mass is 10.4. The molecule has 0 saturated carbocycles. The summed E-state index contributed by atoms with van der Waals surface area (Å²) in [5.41, 5.74) is 1.25. The van der Waals surface area contributed by atoms with Crippen molar-refractivity contribution in [3.63, 3.8) is 0 Å². The minimum absolute atomic E-state index is 0.0296. The van der Waals surface area contributed by atoms with Gasteiger partial charge in [0.05, 0.1) is 11.4 Å². The summed E-state index contributed by atoms with van der Waals surface area (Å²) in [5, 5.41) is 19.5. The number of aromatic nitrogens is 4. The maximum absolute atomic E-state index is 11.8. The molecule has 19 heavy (non-hydrogen) atoms. The SMILES string of the molecule is Cc1nn(C)cc1NC(=O)Cn1nccc1C(=O)O. The zero-order valence-corrected chi connectivity index (χ0v) is 10.5. The van der Waals surface area contributed by atoms with E-state index in [0.29, 0.717) is 11.4 Å². The second-order valence-electron chi connectivity index (χ2n) is 4.03. The summed E-state index contributed by atoms with van der Waals surface area (Å²) in [6.07, 6.45) is 3.01. The lowest BCUT2D eigenvalue weighted by molar-refractivity contribution is -0.116. The van der Waals surface area contributed by atoms with Gasteiger partial charge in [0.25, 0.3) is 0 Å². The third kappa shape index (κ3) is 2.79. The molecule has 0 radical (unpaired) electrons. The molecular weight excluding hydrogens is 250 g/mol. The van der Waals surface area contributed by atoms with Crippen molar-refractivity contribution in [2.75, 3.05) is 5.32 Å². The maximum atomic E-state index is 11.8. The molecule has 0 atom stereocenters. The monoisotopic (exact) mass is 263 g/mol. The number of carbonyl (C=O) groups excluding carboxylic acids is 1. The fourth-order valence-corrected chi connectivity index (χ4v) is 1.69. The predicted octanol–water partition coefficient (Wildman–Crippen LogP) is 0.262. The van der Waals surface area contributed by atoms with Gasteiger partial charge in [0.2, 0.25) is 5.91 Å². The molecule has 0 saturated heterocycles. The van der Waals surface area contributed by atoms with Crippen LogP contribution in [0.2, 0.25) is 0 Å². The molecule has 2 N–H and O–H groups in total. The van der Waals surface area contributed by atoms with Crippen LogP contribution in [-0.4, -0.2) is 36.5 Å². The van der Waals surface area contributed by atoms with E-state index in [2.05, 4.69) is 15.5 Å². The predicted molar refractivity (Wildman–Crippen MR) is 65.8 cm³/mol. The molecule has 0 unspecified atom stereocenters. The van der Waals surface area contributed by atoms with Crippen LogP contribution in [0.1, 0.15) is 16.2 Å². The Morgan fingerprint density at radius 1 is 1.47 bits per heavy atom. The Morgan fingerprint density at radius 2 is 2.21 bits per heavy atom. The second kappa shape index (κ2) is 4.92. The first-order valence-electron chi connectivity index (χ1n) is 5.52. The molecule has 0 aliphatic carbocycles. The Morgan fingerprint density at radius 3 is 2.79 bits per heavy atom. The van der Waals surface area contributed by atoms with Crippen LogP contribution in [0.15, 0.2) is 18.5 Å². The van der Waals surface area contributed by atoms with Crippen molar-refractivity contribution in [3.05, 3.63) is 29.8 Å². The number of rotatable bonds is 4. The molecule has 1 amide bonds. The molecule has 8 heteroatoms. The molecule has 2 aromatic heterocycles. The summed E-state index contributed by atoms with van der Waals surface area (Å²) < 4.78 is 2.71. The van der Waals surface area contributed by atoms with Crippen molar-refractivity contribution in [3.8, 4) is 0 Å². The number of anilines is 1. The van der Waals surface area contributed by atoms with Crippen LogP contribution in [0.25, 0.3) is 0 Å². The van der Waals surface area contributed by atoms with E-state index in [-0.39, 0.29) is 18.1 Å². The number of hydrogen-bond acceptors (Lipinski definition) is 4. The van der Waals surface area contributed by atoms with Crippen molar-refractivity contribution in [1.82, 2.24) is 19.6 Å². The number of nitrogens with one attached hydrogen (secondary N) is 1. The molecule has 2 rings (SSSR count). The van der Waals surface area contributed by atoms with E-state index in [4.69, 9.17) is 5.11 Å². The van der Waals surface area contributed by atoms with Gasteiger partial charge in [0.1, 0.15) is 12.2 Å². The molecule has 0 aliphatic rings. The lowest BCUT2D eigenvalue weighted by Crippen LogP contribution is -2.22. The molecule has 2 heterocycles. The van der Waals surface area contributed by atoms with Gasteiger partial charge in [-0.25, -0.2) is 9.48 Å². The van der Waals surface area contributed by atoms with Crippen molar-refractivity contribution in [2.45, 2.75) is 13.5 Å². The molecular formula is C11H13N5O3. The summed E-state index contributed by atoms with van der Waals surface area (Å²) in [6.45, 7) is 1.61. The van der Waals surface area contributed by atoms with Crippen molar-refractivity contribution < 1.29 is 14.7 Å². The third-order valence-corrected chi connectivity index (χ3v) is 2.52. The summed E-state index contributed by atoms with van der Waals surface area (Å²) in [5.74, 6) is -1.48. The first-order chi connectivity index (χ1) is 8.97. The van der Waals surface area contributed by atoms with Gasteiger partial charge in [-0.2, -0.15) is 10.2 Å². The van der Waals surface area contributed by atoms with E-state index in [0.717, 1.165) is 4.68 Å². The number of nitrogens with zero attached hydrogens (tertiary/aromatic N) is 4. The highest BCUT2D eigenvalue weighted by molar-refractivity contribution is 5.92. The van der Waals surface area contributed by atoms with Crippen molar-refractivity contribution in [2.24, 2.45) is 7.05 Å². The Balaban J connectivity index is 2.07. The summed E-state index contributed by atoms with van der Waals surface area (Å²) in [7, 11) is 1.75. The standard InChI is InChI=1S/C11H13N5O3/c1-7-8(5-15(2)14-7)13-10(17)6-16-9(11(18)19)3-4-12-16/h3-5H,6H2,1-2H3,(H,13,17)(H,18,19). The van der Waals surface area contributed by atoms with Gasteiger partial charge in [0, 0.05) is 19.4 Å². The smallest absolute Gasteiger partial charge is 0.354 e. The Hall–Kier alpha value is -2.64. The Bertz CT molecular complexity index is 628. The molecule has 0 aliphatic heterocycles.